The molecule has 2 aromatic rings. The normalized spacial score (nSPS) is 21.0. The first kappa shape index (κ1) is 19.5. The molecular weight excluding hydrogens is 390 g/mol. The van der Waals surface area contributed by atoms with Crippen LogP contribution in [0, 0.1) is 6.92 Å². The van der Waals surface area contributed by atoms with Gasteiger partial charge in [0.1, 0.15) is 12.4 Å². The highest BCUT2D eigenvalue weighted by atomic mass is 32.2. The number of rotatable bonds is 4. The first-order chi connectivity index (χ1) is 14.0. The highest BCUT2D eigenvalue weighted by molar-refractivity contribution is 7.91. The topological polar surface area (TPSA) is 116 Å². The number of pyridine rings is 1. The molecule has 1 amide bonds. The predicted molar refractivity (Wildman–Crippen MR) is 112 cm³/mol. The van der Waals surface area contributed by atoms with E-state index in [1.165, 1.54) is 0 Å². The van der Waals surface area contributed by atoms with E-state index in [0.29, 0.717) is 35.7 Å². The number of benzene rings is 1. The van der Waals surface area contributed by atoms with Crippen LogP contribution >= 0.6 is 0 Å². The minimum atomic E-state index is -1.58. The number of aromatic nitrogens is 1. The smallest absolute Gasteiger partial charge is 0.256 e. The maximum Gasteiger partial charge on any atom is 0.256 e. The number of piperidine rings is 1. The number of carbonyl (C=O) groups is 1. The van der Waals surface area contributed by atoms with Crippen molar-refractivity contribution in [3.8, 4) is 5.75 Å². The molecular formula is C20H23N5O3S. The number of nitrogens with zero attached hydrogens (tertiary/aromatic N) is 3. The summed E-state index contributed by atoms with van der Waals surface area (Å²) in [5, 5.41) is 0. The van der Waals surface area contributed by atoms with E-state index in [0.717, 1.165) is 25.0 Å². The zero-order valence-electron chi connectivity index (χ0n) is 16.1. The lowest BCUT2D eigenvalue weighted by Gasteiger charge is -2.36. The largest absolute Gasteiger partial charge is 0.566 e. The lowest BCUT2D eigenvalue weighted by atomic mass is 10.0. The quantitative estimate of drug-likeness (QED) is 0.742. The molecule has 9 heteroatoms. The number of amidine groups is 1. The molecule has 0 aliphatic carbocycles. The minimum absolute atomic E-state index is 0.0165. The Kier molecular flexibility index (Phi) is 5.59. The summed E-state index contributed by atoms with van der Waals surface area (Å²) in [6.45, 7) is 2.88. The van der Waals surface area contributed by atoms with Gasteiger partial charge in [-0.25, -0.2) is 0 Å². The monoisotopic (exact) mass is 413 g/mol. The fourth-order valence-electron chi connectivity index (χ4n) is 3.74. The Morgan fingerprint density at radius 2 is 2.24 bits per heavy atom. The van der Waals surface area contributed by atoms with Crippen LogP contribution in [0.2, 0.25) is 0 Å². The number of nitrogens with one attached hydrogen (secondary N) is 1. The summed E-state index contributed by atoms with van der Waals surface area (Å²) in [5.41, 5.74) is 8.55. The molecule has 1 saturated heterocycles. The van der Waals surface area contributed by atoms with Gasteiger partial charge in [0.15, 0.2) is 5.84 Å². The van der Waals surface area contributed by atoms with E-state index in [1.807, 2.05) is 17.9 Å². The number of amides is 1. The van der Waals surface area contributed by atoms with Crippen molar-refractivity contribution in [1.29, 1.82) is 0 Å². The van der Waals surface area contributed by atoms with Crippen molar-refractivity contribution >= 4 is 29.0 Å². The van der Waals surface area contributed by atoms with Crippen LogP contribution in [-0.4, -0.2) is 45.4 Å². The summed E-state index contributed by atoms with van der Waals surface area (Å²) in [4.78, 5) is 19.2. The Labute approximate surface area is 172 Å². The van der Waals surface area contributed by atoms with Crippen molar-refractivity contribution in [3.05, 3.63) is 53.3 Å². The van der Waals surface area contributed by atoms with Crippen LogP contribution in [-0.2, 0) is 11.5 Å². The number of aryl methyl sites for hydroxylation is 1. The molecule has 0 saturated carbocycles. The van der Waals surface area contributed by atoms with Gasteiger partial charge in [-0.15, -0.1) is 0 Å². The molecule has 29 heavy (non-hydrogen) atoms. The molecule has 3 N–H and O–H groups in total. The van der Waals surface area contributed by atoms with Crippen molar-refractivity contribution in [2.24, 2.45) is 10.1 Å². The molecule has 2 unspecified atom stereocenters. The molecule has 8 nitrogen and oxygen atoms in total. The highest BCUT2D eigenvalue weighted by Crippen LogP contribution is 2.31. The summed E-state index contributed by atoms with van der Waals surface area (Å²) < 4.78 is 24.4. The second-order valence-corrected chi connectivity index (χ2v) is 7.99. The molecule has 0 bridgehead atoms. The van der Waals surface area contributed by atoms with E-state index >= 15 is 0 Å². The second-order valence-electron chi connectivity index (χ2n) is 7.10. The number of hydrogen-bond donors (Lipinski definition) is 2. The summed E-state index contributed by atoms with van der Waals surface area (Å²) in [5.74, 6) is 0.718. The zero-order valence-corrected chi connectivity index (χ0v) is 16.9. The number of anilines is 1. The first-order valence-electron chi connectivity index (χ1n) is 9.56. The van der Waals surface area contributed by atoms with Gasteiger partial charge in [-0.3, -0.25) is 9.78 Å². The number of likely N-dealkylation sites (tertiary alicyclic amines) is 1. The van der Waals surface area contributed by atoms with Gasteiger partial charge in [0, 0.05) is 18.4 Å². The Morgan fingerprint density at radius 3 is 3.07 bits per heavy atom. The van der Waals surface area contributed by atoms with Crippen LogP contribution in [0.3, 0.4) is 0 Å². The first-order valence-corrected chi connectivity index (χ1v) is 10.7. The third kappa shape index (κ3) is 4.01. The Morgan fingerprint density at radius 1 is 1.38 bits per heavy atom. The van der Waals surface area contributed by atoms with Crippen molar-refractivity contribution in [1.82, 2.24) is 9.88 Å². The Balaban J connectivity index is 1.52. The molecule has 1 aromatic heterocycles. The lowest BCUT2D eigenvalue weighted by Crippen LogP contribution is -2.47. The molecule has 152 valence electrons. The number of nitrogens with two attached hydrogens (primary N) is 1. The van der Waals surface area contributed by atoms with Crippen LogP contribution in [0.4, 0.5) is 5.69 Å². The van der Waals surface area contributed by atoms with E-state index in [-0.39, 0.29) is 17.8 Å². The van der Waals surface area contributed by atoms with Crippen molar-refractivity contribution in [2.45, 2.75) is 32.2 Å². The van der Waals surface area contributed by atoms with Crippen molar-refractivity contribution in [3.63, 3.8) is 0 Å². The van der Waals surface area contributed by atoms with Gasteiger partial charge in [-0.05, 0) is 54.8 Å². The lowest BCUT2D eigenvalue weighted by molar-refractivity contribution is 0.0527. The average Bonchev–Trinajstić information content (AvgIpc) is 2.72. The van der Waals surface area contributed by atoms with Crippen molar-refractivity contribution in [2.75, 3.05) is 17.9 Å². The molecule has 2 aliphatic rings. The van der Waals surface area contributed by atoms with Crippen LogP contribution in [0.15, 0.2) is 40.9 Å². The molecule has 1 fully saturated rings. The fraction of sp³-hybridized carbons (Fsp3) is 0.350. The minimum Gasteiger partial charge on any atom is -0.566 e. The second kappa shape index (κ2) is 8.30. The van der Waals surface area contributed by atoms with E-state index < -0.39 is 11.5 Å². The average molecular weight is 414 g/mol. The molecule has 0 radical (unpaired) electrons. The molecule has 2 aliphatic heterocycles. The summed E-state index contributed by atoms with van der Waals surface area (Å²) >= 11 is -1.58. The number of ether oxygens (including phenoxy) is 1. The predicted octanol–water partition coefficient (Wildman–Crippen LogP) is 2.17. The van der Waals surface area contributed by atoms with Gasteiger partial charge in [0.25, 0.3) is 5.91 Å². The molecule has 4 rings (SSSR count). The van der Waals surface area contributed by atoms with Crippen LogP contribution in [0.1, 0.15) is 40.9 Å². The summed E-state index contributed by atoms with van der Waals surface area (Å²) in [7, 11) is 0. The van der Waals surface area contributed by atoms with E-state index in [9.17, 15) is 9.35 Å². The maximum absolute atomic E-state index is 13.1. The number of fused-ring (bicyclic) bond motifs is 1. The summed E-state index contributed by atoms with van der Waals surface area (Å²) in [6.07, 6.45) is 4.57. The Hall–Kier alpha value is -2.78. The number of hydrogen-bond acceptors (Lipinski definition) is 7. The van der Waals surface area contributed by atoms with E-state index in [1.54, 1.807) is 30.5 Å². The van der Waals surface area contributed by atoms with E-state index in [2.05, 4.69) is 14.1 Å². The molecule has 2 atom stereocenters. The number of carbonyl (C=O) groups excluding carboxylic acids is 1. The van der Waals surface area contributed by atoms with Crippen LogP contribution < -0.4 is 15.2 Å². The highest BCUT2D eigenvalue weighted by Gasteiger charge is 2.30. The van der Waals surface area contributed by atoms with Crippen molar-refractivity contribution < 1.29 is 14.1 Å². The molecule has 0 spiro atoms. The van der Waals surface area contributed by atoms with E-state index in [4.69, 9.17) is 10.5 Å². The third-order valence-electron chi connectivity index (χ3n) is 5.22. The SMILES string of the molecule is Cc1ncccc1C(=O)N1CCCCC1COc1cccc2c1C(N)=N[S+]([O-])N2. The molecule has 3 heterocycles. The Bertz CT molecular complexity index is 951. The molecule has 1 aromatic carbocycles. The van der Waals surface area contributed by atoms with Gasteiger partial charge in [0.05, 0.1) is 22.9 Å². The van der Waals surface area contributed by atoms with Gasteiger partial charge in [0.2, 0.25) is 11.5 Å². The third-order valence-corrected chi connectivity index (χ3v) is 5.97. The van der Waals surface area contributed by atoms with Gasteiger partial charge in [-0.2, -0.15) is 4.72 Å². The van der Waals surface area contributed by atoms with Gasteiger partial charge >= 0.3 is 0 Å². The van der Waals surface area contributed by atoms with Crippen LogP contribution in [0.5, 0.6) is 5.75 Å². The standard InChI is InChI=1S/C20H23N5O3S/c1-13-15(7-5-10-22-13)20(26)25-11-3-2-6-14(25)12-28-17-9-4-8-16-18(17)19(21)24-29(27)23-16/h4-5,7-10,14,23H,2-3,6,11-12H2,1H3,(H2,21,24). The van der Waals surface area contributed by atoms with Crippen LogP contribution in [0.25, 0.3) is 0 Å². The maximum atomic E-state index is 13.1. The fourth-order valence-corrected chi connectivity index (χ4v) is 4.42. The van der Waals surface area contributed by atoms with Gasteiger partial charge < -0.3 is 19.9 Å². The summed E-state index contributed by atoms with van der Waals surface area (Å²) in [6, 6.07) is 8.94. The zero-order chi connectivity index (χ0) is 20.4. The van der Waals surface area contributed by atoms with Gasteiger partial charge in [-0.1, -0.05) is 6.07 Å².